The number of amides is 2. The molecule has 0 saturated carbocycles. The van der Waals surface area contributed by atoms with E-state index in [2.05, 4.69) is 25.6 Å². The number of aromatic amines is 1. The molecule has 2 aromatic heterocycles. The van der Waals surface area contributed by atoms with Crippen molar-refractivity contribution in [2.24, 2.45) is 5.73 Å². The number of carbonyl (C=O) groups is 2. The van der Waals surface area contributed by atoms with Gasteiger partial charge in [-0.3, -0.25) is 14.4 Å². The molecule has 212 valence electrons. The van der Waals surface area contributed by atoms with Gasteiger partial charge in [-0.2, -0.15) is 4.98 Å². The summed E-state index contributed by atoms with van der Waals surface area (Å²) in [6, 6.07) is 14.9. The third-order valence-corrected chi connectivity index (χ3v) is 7.38. The van der Waals surface area contributed by atoms with E-state index in [1.54, 1.807) is 6.20 Å². The number of nitrogens with two attached hydrogens (primary N) is 1. The number of halogens is 1. The van der Waals surface area contributed by atoms with Crippen molar-refractivity contribution in [3.8, 4) is 0 Å². The van der Waals surface area contributed by atoms with Gasteiger partial charge in [0.15, 0.2) is 0 Å². The molecule has 5 rings (SSSR count). The standard InChI is InChI=1S/C29H30ClN7O4/c30-22-7-6-18(26(39)33-23(10-13-38)17-4-2-1-3-5-17)15-24(22)34-27(40)21-14-19-16-32-29(36-25(19)35-28(21)41)37-11-8-20(31)9-12-37/h1-7,14-16,20,23,38H,8-13,31H2,(H,33,39)(H,34,40)(H,32,35,36,41). The Bertz CT molecular complexity index is 1620. The molecule has 0 radical (unpaired) electrons. The van der Waals surface area contributed by atoms with Gasteiger partial charge in [0.1, 0.15) is 11.2 Å². The van der Waals surface area contributed by atoms with Gasteiger partial charge in [0.2, 0.25) is 5.95 Å². The maximum absolute atomic E-state index is 13.1. The highest BCUT2D eigenvalue weighted by molar-refractivity contribution is 6.34. The van der Waals surface area contributed by atoms with Gasteiger partial charge in [-0.15, -0.1) is 0 Å². The van der Waals surface area contributed by atoms with E-state index in [1.165, 1.54) is 24.3 Å². The Kier molecular flexibility index (Phi) is 8.58. The summed E-state index contributed by atoms with van der Waals surface area (Å²) in [5.74, 6) is -0.622. The normalized spacial score (nSPS) is 14.6. The number of H-pyrrole nitrogens is 1. The number of rotatable bonds is 8. The summed E-state index contributed by atoms with van der Waals surface area (Å²) in [6.45, 7) is 1.34. The SMILES string of the molecule is NC1CCN(c2ncc3cc(C(=O)Nc4cc(C(=O)NC(CCO)c5ccccc5)ccc4Cl)c(=O)[nH]c3n2)CC1. The van der Waals surface area contributed by atoms with Crippen LogP contribution in [0.25, 0.3) is 11.0 Å². The number of piperidine rings is 1. The molecule has 1 aliphatic heterocycles. The van der Waals surface area contributed by atoms with Crippen LogP contribution < -0.4 is 26.8 Å². The van der Waals surface area contributed by atoms with Crippen LogP contribution in [0.3, 0.4) is 0 Å². The van der Waals surface area contributed by atoms with Gasteiger partial charge in [-0.25, -0.2) is 4.98 Å². The summed E-state index contributed by atoms with van der Waals surface area (Å²) in [5, 5.41) is 15.7. The van der Waals surface area contributed by atoms with Gasteiger partial charge in [-0.1, -0.05) is 41.9 Å². The molecule has 1 aliphatic rings. The van der Waals surface area contributed by atoms with Gasteiger partial charge in [-0.05, 0) is 49.1 Å². The molecule has 2 amide bonds. The first-order valence-corrected chi connectivity index (χ1v) is 13.7. The number of nitrogens with one attached hydrogen (secondary N) is 3. The van der Waals surface area contributed by atoms with Crippen LogP contribution in [0.5, 0.6) is 0 Å². The maximum Gasteiger partial charge on any atom is 0.262 e. The van der Waals surface area contributed by atoms with Crippen LogP contribution in [0, 0.1) is 0 Å². The second-order valence-electron chi connectivity index (χ2n) is 9.91. The zero-order valence-electron chi connectivity index (χ0n) is 22.1. The number of pyridine rings is 1. The van der Waals surface area contributed by atoms with Crippen LogP contribution in [0.4, 0.5) is 11.6 Å². The van der Waals surface area contributed by atoms with Gasteiger partial charge >= 0.3 is 0 Å². The number of aliphatic hydroxyl groups is 1. The Labute approximate surface area is 240 Å². The Hall–Kier alpha value is -4.32. The van der Waals surface area contributed by atoms with Crippen molar-refractivity contribution in [3.05, 3.63) is 92.9 Å². The van der Waals surface area contributed by atoms with Crippen molar-refractivity contribution in [1.29, 1.82) is 0 Å². The lowest BCUT2D eigenvalue weighted by Crippen LogP contribution is -2.40. The maximum atomic E-state index is 13.1. The third kappa shape index (κ3) is 6.54. The average Bonchev–Trinajstić information content (AvgIpc) is 2.98. The predicted molar refractivity (Wildman–Crippen MR) is 157 cm³/mol. The predicted octanol–water partition coefficient (Wildman–Crippen LogP) is 3.00. The van der Waals surface area contributed by atoms with E-state index in [1.807, 2.05) is 35.2 Å². The molecule has 41 heavy (non-hydrogen) atoms. The molecule has 1 saturated heterocycles. The summed E-state index contributed by atoms with van der Waals surface area (Å²) in [4.78, 5) is 52.6. The Morgan fingerprint density at radius 3 is 2.61 bits per heavy atom. The minimum absolute atomic E-state index is 0.110. The average molecular weight is 576 g/mol. The van der Waals surface area contributed by atoms with Crippen LogP contribution in [-0.2, 0) is 0 Å². The van der Waals surface area contributed by atoms with E-state index in [9.17, 15) is 19.5 Å². The number of aromatic nitrogens is 3. The zero-order chi connectivity index (χ0) is 28.9. The van der Waals surface area contributed by atoms with Crippen LogP contribution >= 0.6 is 11.6 Å². The van der Waals surface area contributed by atoms with E-state index < -0.39 is 23.4 Å². The largest absolute Gasteiger partial charge is 0.396 e. The molecule has 0 spiro atoms. The summed E-state index contributed by atoms with van der Waals surface area (Å²) in [5.41, 5.74) is 6.78. The summed E-state index contributed by atoms with van der Waals surface area (Å²) >= 11 is 6.32. The van der Waals surface area contributed by atoms with E-state index in [-0.39, 0.29) is 34.5 Å². The van der Waals surface area contributed by atoms with Crippen molar-refractivity contribution in [2.75, 3.05) is 29.9 Å². The molecule has 1 unspecified atom stereocenters. The summed E-state index contributed by atoms with van der Waals surface area (Å²) in [7, 11) is 0. The minimum atomic E-state index is -0.704. The number of hydrogen-bond donors (Lipinski definition) is 5. The van der Waals surface area contributed by atoms with Crippen molar-refractivity contribution in [1.82, 2.24) is 20.3 Å². The van der Waals surface area contributed by atoms with Crippen molar-refractivity contribution in [2.45, 2.75) is 31.3 Å². The molecule has 1 fully saturated rings. The first kappa shape index (κ1) is 28.2. The monoisotopic (exact) mass is 575 g/mol. The smallest absolute Gasteiger partial charge is 0.262 e. The molecule has 1 atom stereocenters. The van der Waals surface area contributed by atoms with E-state index >= 15 is 0 Å². The van der Waals surface area contributed by atoms with E-state index in [0.717, 1.165) is 31.5 Å². The minimum Gasteiger partial charge on any atom is -0.396 e. The van der Waals surface area contributed by atoms with Crippen molar-refractivity contribution in [3.63, 3.8) is 0 Å². The number of carbonyl (C=O) groups excluding carboxylic acids is 2. The molecule has 3 heterocycles. The fourth-order valence-electron chi connectivity index (χ4n) is 4.73. The summed E-state index contributed by atoms with van der Waals surface area (Å²) < 4.78 is 0. The van der Waals surface area contributed by atoms with Crippen LogP contribution in [0.1, 0.15) is 51.6 Å². The Balaban J connectivity index is 1.33. The quantitative estimate of drug-likeness (QED) is 0.214. The highest BCUT2D eigenvalue weighted by Crippen LogP contribution is 2.25. The molecule has 0 aliphatic carbocycles. The first-order valence-electron chi connectivity index (χ1n) is 13.3. The highest BCUT2D eigenvalue weighted by atomic mass is 35.5. The molecule has 6 N–H and O–H groups in total. The lowest BCUT2D eigenvalue weighted by molar-refractivity contribution is 0.0928. The molecular weight excluding hydrogens is 546 g/mol. The van der Waals surface area contributed by atoms with Gasteiger partial charge in [0.25, 0.3) is 17.4 Å². The van der Waals surface area contributed by atoms with Gasteiger partial charge in [0, 0.05) is 42.9 Å². The van der Waals surface area contributed by atoms with Gasteiger partial charge < -0.3 is 31.4 Å². The second kappa shape index (κ2) is 12.5. The Morgan fingerprint density at radius 1 is 1.12 bits per heavy atom. The number of benzene rings is 2. The lowest BCUT2D eigenvalue weighted by Gasteiger charge is -2.30. The van der Waals surface area contributed by atoms with E-state index in [4.69, 9.17) is 17.3 Å². The number of aliphatic hydroxyl groups excluding tert-OH is 1. The van der Waals surface area contributed by atoms with E-state index in [0.29, 0.717) is 23.4 Å². The topological polar surface area (TPSA) is 166 Å². The second-order valence-corrected chi connectivity index (χ2v) is 10.3. The molecule has 0 bridgehead atoms. The molecule has 11 nitrogen and oxygen atoms in total. The van der Waals surface area contributed by atoms with Crippen LogP contribution in [0.15, 0.2) is 65.6 Å². The van der Waals surface area contributed by atoms with Crippen LogP contribution in [0.2, 0.25) is 5.02 Å². The zero-order valence-corrected chi connectivity index (χ0v) is 22.9. The summed E-state index contributed by atoms with van der Waals surface area (Å²) in [6.07, 6.45) is 3.55. The fourth-order valence-corrected chi connectivity index (χ4v) is 4.90. The van der Waals surface area contributed by atoms with Crippen LogP contribution in [-0.4, -0.2) is 57.6 Å². The number of hydrogen-bond acceptors (Lipinski definition) is 8. The number of nitrogens with zero attached hydrogens (tertiary/aromatic N) is 3. The molecule has 4 aromatic rings. The van der Waals surface area contributed by atoms with Crippen molar-refractivity contribution < 1.29 is 14.7 Å². The fraction of sp³-hybridized carbons (Fsp3) is 0.276. The lowest BCUT2D eigenvalue weighted by atomic mass is 10.0. The molecular formula is C29H30ClN7O4. The molecule has 12 heteroatoms. The Morgan fingerprint density at radius 2 is 1.88 bits per heavy atom. The first-order chi connectivity index (χ1) is 19.8. The third-order valence-electron chi connectivity index (χ3n) is 7.05. The van der Waals surface area contributed by atoms with Crippen molar-refractivity contribution >= 4 is 46.1 Å². The highest BCUT2D eigenvalue weighted by Gasteiger charge is 2.21. The molecule has 2 aromatic carbocycles. The van der Waals surface area contributed by atoms with Gasteiger partial charge in [0.05, 0.1) is 16.8 Å². The number of fused-ring (bicyclic) bond motifs is 1. The number of anilines is 2.